The molecule has 2 aliphatic rings. The van der Waals surface area contributed by atoms with Gasteiger partial charge in [-0.15, -0.1) is 0 Å². The molecule has 2 N–H and O–H groups in total. The van der Waals surface area contributed by atoms with Crippen molar-refractivity contribution in [2.75, 3.05) is 13.2 Å². The summed E-state index contributed by atoms with van der Waals surface area (Å²) in [5.74, 6) is -2.48. The smallest absolute Gasteiger partial charge is 0.274 e. The molecule has 2 amide bonds. The van der Waals surface area contributed by atoms with Crippen molar-refractivity contribution >= 4 is 11.8 Å². The molecule has 2 aromatic rings. The first-order valence-corrected chi connectivity index (χ1v) is 10.1. The van der Waals surface area contributed by atoms with E-state index in [9.17, 15) is 23.9 Å². The lowest BCUT2D eigenvalue weighted by Crippen LogP contribution is -2.49. The standard InChI is InChI=1S/C22H24FN3O5/c1-11-4-5-14(16(23)6-11)7-24-21(29)15-8-26-17-9-25(12(2)10-31-13(17)3)22(30)18(26)20(28)19(15)27/h4-6,8,12-13,17,28H,7,9-10H2,1-3H3,(H,24,29)/t12-,13-,17-/m1/s1. The number of amides is 2. The van der Waals surface area contributed by atoms with Gasteiger partial charge in [0.1, 0.15) is 11.4 Å². The Hall–Kier alpha value is -3.20. The molecule has 0 radical (unpaired) electrons. The molecule has 2 bridgehead atoms. The predicted molar refractivity (Wildman–Crippen MR) is 110 cm³/mol. The molecule has 9 heteroatoms. The van der Waals surface area contributed by atoms with Gasteiger partial charge in [-0.25, -0.2) is 4.39 Å². The third-order valence-electron chi connectivity index (χ3n) is 5.98. The second kappa shape index (κ2) is 7.81. The monoisotopic (exact) mass is 429 g/mol. The number of fused-ring (bicyclic) bond motifs is 4. The molecule has 164 valence electrons. The van der Waals surface area contributed by atoms with Crippen molar-refractivity contribution < 1.29 is 23.8 Å². The fourth-order valence-electron chi connectivity index (χ4n) is 4.08. The Morgan fingerprint density at radius 2 is 2.06 bits per heavy atom. The number of halogens is 1. The molecular formula is C22H24FN3O5. The van der Waals surface area contributed by atoms with Crippen molar-refractivity contribution in [1.82, 2.24) is 14.8 Å². The third kappa shape index (κ3) is 3.59. The van der Waals surface area contributed by atoms with Gasteiger partial charge in [-0.3, -0.25) is 14.4 Å². The van der Waals surface area contributed by atoms with Crippen LogP contribution in [0.2, 0.25) is 0 Å². The van der Waals surface area contributed by atoms with Gasteiger partial charge in [0.2, 0.25) is 5.43 Å². The third-order valence-corrected chi connectivity index (χ3v) is 5.98. The van der Waals surface area contributed by atoms with Crippen LogP contribution >= 0.6 is 0 Å². The molecule has 0 spiro atoms. The van der Waals surface area contributed by atoms with Gasteiger partial charge in [0.15, 0.2) is 11.4 Å². The highest BCUT2D eigenvalue weighted by Gasteiger charge is 2.41. The number of nitrogens with one attached hydrogen (secondary N) is 1. The Bertz CT molecular complexity index is 1130. The van der Waals surface area contributed by atoms with Crippen molar-refractivity contribution in [2.24, 2.45) is 0 Å². The molecule has 0 aliphatic carbocycles. The summed E-state index contributed by atoms with van der Waals surface area (Å²) in [6.45, 7) is 5.98. The van der Waals surface area contributed by atoms with Crippen LogP contribution in [0.25, 0.3) is 0 Å². The summed E-state index contributed by atoms with van der Waals surface area (Å²) in [4.78, 5) is 40.0. The summed E-state index contributed by atoms with van der Waals surface area (Å²) < 4.78 is 21.3. The van der Waals surface area contributed by atoms with Crippen molar-refractivity contribution in [3.8, 4) is 5.75 Å². The van der Waals surface area contributed by atoms with Crippen LogP contribution in [0.5, 0.6) is 5.75 Å². The lowest BCUT2D eigenvalue weighted by Gasteiger charge is -2.37. The highest BCUT2D eigenvalue weighted by Crippen LogP contribution is 2.32. The predicted octanol–water partition coefficient (Wildman–Crippen LogP) is 1.74. The normalized spacial score (nSPS) is 22.6. The van der Waals surface area contributed by atoms with Crippen LogP contribution in [0.1, 0.15) is 51.9 Å². The van der Waals surface area contributed by atoms with Crippen LogP contribution in [0.3, 0.4) is 0 Å². The molecule has 1 fully saturated rings. The van der Waals surface area contributed by atoms with Gasteiger partial charge in [-0.05, 0) is 32.4 Å². The SMILES string of the molecule is Cc1ccc(CNC(=O)c2cn3c(c(O)c2=O)C(=O)N2C[C@@H]3[C@@H](C)OC[C@H]2C)c(F)c1. The minimum Gasteiger partial charge on any atom is -0.503 e. The Morgan fingerprint density at radius 3 is 2.77 bits per heavy atom. The number of aryl methyl sites for hydroxylation is 1. The van der Waals surface area contributed by atoms with E-state index in [-0.39, 0.29) is 41.6 Å². The van der Waals surface area contributed by atoms with Crippen molar-refractivity contribution in [2.45, 2.75) is 45.5 Å². The largest absolute Gasteiger partial charge is 0.503 e. The second-order valence-corrected chi connectivity index (χ2v) is 8.17. The second-order valence-electron chi connectivity index (χ2n) is 8.17. The van der Waals surface area contributed by atoms with Crippen LogP contribution in [0, 0.1) is 12.7 Å². The Morgan fingerprint density at radius 1 is 1.32 bits per heavy atom. The average Bonchev–Trinajstić information content (AvgIpc) is 2.85. The van der Waals surface area contributed by atoms with Gasteiger partial charge < -0.3 is 24.6 Å². The zero-order valence-electron chi connectivity index (χ0n) is 17.5. The number of ether oxygens (including phenoxy) is 1. The van der Waals surface area contributed by atoms with E-state index in [4.69, 9.17) is 4.74 Å². The van der Waals surface area contributed by atoms with Crippen LogP contribution in [-0.2, 0) is 11.3 Å². The van der Waals surface area contributed by atoms with E-state index in [1.165, 1.54) is 16.8 Å². The highest BCUT2D eigenvalue weighted by atomic mass is 19.1. The molecule has 3 atom stereocenters. The number of pyridine rings is 1. The molecule has 1 aromatic carbocycles. The van der Waals surface area contributed by atoms with E-state index in [1.807, 2.05) is 13.8 Å². The van der Waals surface area contributed by atoms with Crippen LogP contribution in [-0.4, -0.2) is 51.7 Å². The minimum absolute atomic E-state index is 0.125. The molecule has 4 rings (SSSR count). The Kier molecular flexibility index (Phi) is 5.30. The number of benzene rings is 1. The Labute approximate surface area is 178 Å². The maximum Gasteiger partial charge on any atom is 0.274 e. The van der Waals surface area contributed by atoms with Gasteiger partial charge in [0.25, 0.3) is 11.8 Å². The quantitative estimate of drug-likeness (QED) is 0.774. The number of hydrogen-bond donors (Lipinski definition) is 2. The van der Waals surface area contributed by atoms with Crippen LogP contribution in [0.4, 0.5) is 4.39 Å². The Balaban J connectivity index is 1.69. The molecule has 31 heavy (non-hydrogen) atoms. The fraction of sp³-hybridized carbons (Fsp3) is 0.409. The number of nitrogens with zero attached hydrogens (tertiary/aromatic N) is 2. The number of rotatable bonds is 3. The van der Waals surface area contributed by atoms with Crippen LogP contribution < -0.4 is 10.7 Å². The minimum atomic E-state index is -0.942. The molecule has 8 nitrogen and oxygen atoms in total. The molecule has 1 saturated heterocycles. The van der Waals surface area contributed by atoms with Gasteiger partial charge in [-0.1, -0.05) is 12.1 Å². The van der Waals surface area contributed by atoms with E-state index in [0.717, 1.165) is 5.56 Å². The summed E-state index contributed by atoms with van der Waals surface area (Å²) in [5, 5.41) is 13.1. The van der Waals surface area contributed by atoms with Crippen molar-refractivity contribution in [1.29, 1.82) is 0 Å². The number of aromatic nitrogens is 1. The summed E-state index contributed by atoms with van der Waals surface area (Å²) in [7, 11) is 0. The lowest BCUT2D eigenvalue weighted by atomic mass is 10.0. The van der Waals surface area contributed by atoms with E-state index < -0.39 is 28.8 Å². The van der Waals surface area contributed by atoms with Gasteiger partial charge in [-0.2, -0.15) is 0 Å². The van der Waals surface area contributed by atoms with E-state index in [2.05, 4.69) is 5.32 Å². The first-order valence-electron chi connectivity index (χ1n) is 10.1. The van der Waals surface area contributed by atoms with E-state index in [1.54, 1.807) is 24.0 Å². The zero-order valence-corrected chi connectivity index (χ0v) is 17.5. The molecule has 1 aromatic heterocycles. The van der Waals surface area contributed by atoms with Gasteiger partial charge in [0.05, 0.1) is 24.8 Å². The lowest BCUT2D eigenvalue weighted by molar-refractivity contribution is 0.0400. The average molecular weight is 429 g/mol. The molecule has 0 saturated carbocycles. The molecular weight excluding hydrogens is 405 g/mol. The maximum absolute atomic E-state index is 14.1. The summed E-state index contributed by atoms with van der Waals surface area (Å²) in [6.07, 6.45) is 0.979. The number of carbonyl (C=O) groups excluding carboxylic acids is 2. The van der Waals surface area contributed by atoms with E-state index >= 15 is 0 Å². The van der Waals surface area contributed by atoms with Crippen molar-refractivity contribution in [3.63, 3.8) is 0 Å². The first kappa shape index (κ1) is 21.0. The molecule has 0 unspecified atom stereocenters. The topological polar surface area (TPSA) is 101 Å². The van der Waals surface area contributed by atoms with Crippen molar-refractivity contribution in [3.05, 3.63) is 62.8 Å². The van der Waals surface area contributed by atoms with Gasteiger partial charge >= 0.3 is 0 Å². The summed E-state index contributed by atoms with van der Waals surface area (Å²) >= 11 is 0. The summed E-state index contributed by atoms with van der Waals surface area (Å²) in [5.41, 5.74) is -0.390. The number of aromatic hydroxyl groups is 1. The first-order chi connectivity index (χ1) is 14.7. The van der Waals surface area contributed by atoms with E-state index in [0.29, 0.717) is 13.2 Å². The fourth-order valence-corrected chi connectivity index (χ4v) is 4.08. The molecule has 3 heterocycles. The highest BCUT2D eigenvalue weighted by molar-refractivity contribution is 5.99. The summed E-state index contributed by atoms with van der Waals surface area (Å²) in [6, 6.07) is 4.05. The molecule has 2 aliphatic heterocycles. The van der Waals surface area contributed by atoms with Gasteiger partial charge in [0, 0.05) is 24.8 Å². The number of carbonyl (C=O) groups is 2. The maximum atomic E-state index is 14.1. The zero-order chi connectivity index (χ0) is 22.4. The number of hydrogen-bond acceptors (Lipinski definition) is 5. The van der Waals surface area contributed by atoms with Crippen LogP contribution in [0.15, 0.2) is 29.2 Å².